The van der Waals surface area contributed by atoms with Crippen LogP contribution in [0.4, 0.5) is 17.6 Å². The standard InChI is InChI=1S/C10H5F4NO3/c1-17-9(16)6-2-5(18-10(12,13)14)3-8(11)7(6)4-15/h2-3H,1H3. The normalized spacial score (nSPS) is 10.7. The number of nitriles is 1. The Morgan fingerprint density at radius 2 is 2.00 bits per heavy atom. The summed E-state index contributed by atoms with van der Waals surface area (Å²) in [6.07, 6.45) is -5.03. The molecule has 8 heteroatoms. The molecule has 0 N–H and O–H groups in total. The van der Waals surface area contributed by atoms with E-state index in [1.165, 1.54) is 6.07 Å². The van der Waals surface area contributed by atoms with E-state index in [4.69, 9.17) is 5.26 Å². The lowest BCUT2D eigenvalue weighted by molar-refractivity contribution is -0.274. The molecule has 18 heavy (non-hydrogen) atoms. The fourth-order valence-corrected chi connectivity index (χ4v) is 1.16. The van der Waals surface area contributed by atoms with Crippen LogP contribution in [0.5, 0.6) is 5.75 Å². The van der Waals surface area contributed by atoms with Gasteiger partial charge in [0.1, 0.15) is 23.2 Å². The number of rotatable bonds is 2. The fraction of sp³-hybridized carbons (Fsp3) is 0.200. The second-order valence-electron chi connectivity index (χ2n) is 2.98. The molecule has 0 aliphatic heterocycles. The first-order valence-electron chi connectivity index (χ1n) is 4.36. The molecule has 1 aromatic carbocycles. The molecule has 0 bridgehead atoms. The van der Waals surface area contributed by atoms with Crippen LogP contribution >= 0.6 is 0 Å². The lowest BCUT2D eigenvalue weighted by atomic mass is 10.1. The van der Waals surface area contributed by atoms with Crippen LogP contribution in [0, 0.1) is 17.1 Å². The van der Waals surface area contributed by atoms with Gasteiger partial charge in [-0.1, -0.05) is 0 Å². The molecular formula is C10H5F4NO3. The van der Waals surface area contributed by atoms with E-state index in [-0.39, 0.29) is 0 Å². The minimum absolute atomic E-state index is 0.360. The maximum absolute atomic E-state index is 13.3. The average molecular weight is 263 g/mol. The van der Waals surface area contributed by atoms with E-state index < -0.39 is 35.0 Å². The Hall–Kier alpha value is -2.30. The summed E-state index contributed by atoms with van der Waals surface area (Å²) in [7, 11) is 0.943. The van der Waals surface area contributed by atoms with Crippen molar-refractivity contribution in [3.63, 3.8) is 0 Å². The number of esters is 1. The molecule has 0 atom stereocenters. The number of nitrogens with zero attached hydrogens (tertiary/aromatic N) is 1. The zero-order valence-corrected chi connectivity index (χ0v) is 8.84. The maximum Gasteiger partial charge on any atom is 0.573 e. The predicted molar refractivity (Wildman–Crippen MR) is 49.1 cm³/mol. The summed E-state index contributed by atoms with van der Waals surface area (Å²) < 4.78 is 56.8. The molecular weight excluding hydrogens is 258 g/mol. The first-order valence-corrected chi connectivity index (χ1v) is 4.36. The minimum atomic E-state index is -5.03. The number of alkyl halides is 3. The summed E-state index contributed by atoms with van der Waals surface area (Å²) in [5, 5.41) is 8.61. The maximum atomic E-state index is 13.3. The Kier molecular flexibility index (Phi) is 3.76. The van der Waals surface area contributed by atoms with Gasteiger partial charge in [-0.05, 0) is 6.07 Å². The highest BCUT2D eigenvalue weighted by molar-refractivity contribution is 5.92. The molecule has 1 aromatic rings. The van der Waals surface area contributed by atoms with Gasteiger partial charge in [-0.3, -0.25) is 0 Å². The molecule has 1 rings (SSSR count). The molecule has 0 saturated carbocycles. The third-order valence-electron chi connectivity index (χ3n) is 1.81. The second kappa shape index (κ2) is 4.91. The highest BCUT2D eigenvalue weighted by Crippen LogP contribution is 2.27. The van der Waals surface area contributed by atoms with Gasteiger partial charge in [-0.15, -0.1) is 13.2 Å². The van der Waals surface area contributed by atoms with Gasteiger partial charge in [0.2, 0.25) is 0 Å². The van der Waals surface area contributed by atoms with E-state index in [1.54, 1.807) is 0 Å². The third-order valence-corrected chi connectivity index (χ3v) is 1.81. The van der Waals surface area contributed by atoms with Crippen LogP contribution < -0.4 is 4.74 Å². The molecule has 0 spiro atoms. The van der Waals surface area contributed by atoms with Gasteiger partial charge in [-0.2, -0.15) is 5.26 Å². The number of carbonyl (C=O) groups excluding carboxylic acids is 1. The Labute approximate surface area is 98.3 Å². The van der Waals surface area contributed by atoms with Crippen LogP contribution in [-0.4, -0.2) is 19.4 Å². The Balaban J connectivity index is 3.32. The van der Waals surface area contributed by atoms with E-state index in [0.29, 0.717) is 12.1 Å². The van der Waals surface area contributed by atoms with Crippen molar-refractivity contribution in [3.8, 4) is 11.8 Å². The van der Waals surface area contributed by atoms with E-state index in [2.05, 4.69) is 9.47 Å². The van der Waals surface area contributed by atoms with E-state index >= 15 is 0 Å². The van der Waals surface area contributed by atoms with Crippen LogP contribution in [0.1, 0.15) is 15.9 Å². The lowest BCUT2D eigenvalue weighted by Gasteiger charge is -2.11. The van der Waals surface area contributed by atoms with Crippen molar-refractivity contribution in [1.82, 2.24) is 0 Å². The molecule has 4 nitrogen and oxygen atoms in total. The molecule has 0 fully saturated rings. The topological polar surface area (TPSA) is 59.3 Å². The average Bonchev–Trinajstić information content (AvgIpc) is 2.25. The van der Waals surface area contributed by atoms with Crippen molar-refractivity contribution in [2.24, 2.45) is 0 Å². The highest BCUT2D eigenvalue weighted by Gasteiger charge is 2.32. The molecule has 0 aromatic heterocycles. The molecule has 0 radical (unpaired) electrons. The Morgan fingerprint density at radius 1 is 1.39 bits per heavy atom. The summed E-state index contributed by atoms with van der Waals surface area (Å²) in [6, 6.07) is 2.30. The van der Waals surface area contributed by atoms with Gasteiger partial charge in [0, 0.05) is 6.07 Å². The van der Waals surface area contributed by atoms with E-state index in [1.807, 2.05) is 0 Å². The van der Waals surface area contributed by atoms with Crippen LogP contribution in [-0.2, 0) is 4.74 Å². The van der Waals surface area contributed by atoms with Crippen LogP contribution in [0.25, 0.3) is 0 Å². The van der Waals surface area contributed by atoms with Gasteiger partial charge in [-0.25, -0.2) is 9.18 Å². The molecule has 96 valence electrons. The van der Waals surface area contributed by atoms with Crippen molar-refractivity contribution in [3.05, 3.63) is 29.1 Å². The largest absolute Gasteiger partial charge is 0.573 e. The smallest absolute Gasteiger partial charge is 0.465 e. The minimum Gasteiger partial charge on any atom is -0.465 e. The van der Waals surface area contributed by atoms with Crippen molar-refractivity contribution in [1.29, 1.82) is 5.26 Å². The van der Waals surface area contributed by atoms with Crippen molar-refractivity contribution in [2.45, 2.75) is 6.36 Å². The summed E-state index contributed by atoms with van der Waals surface area (Å²) in [4.78, 5) is 11.2. The van der Waals surface area contributed by atoms with Gasteiger partial charge in [0.25, 0.3) is 0 Å². The quantitative estimate of drug-likeness (QED) is 0.607. The van der Waals surface area contributed by atoms with Crippen LogP contribution in [0.2, 0.25) is 0 Å². The number of hydrogen-bond acceptors (Lipinski definition) is 4. The zero-order valence-electron chi connectivity index (χ0n) is 8.84. The van der Waals surface area contributed by atoms with Gasteiger partial charge in [0.05, 0.1) is 12.7 Å². The number of carbonyl (C=O) groups is 1. The van der Waals surface area contributed by atoms with Gasteiger partial charge >= 0.3 is 12.3 Å². The molecule has 0 unspecified atom stereocenters. The number of benzene rings is 1. The summed E-state index contributed by atoms with van der Waals surface area (Å²) in [5.74, 6) is -3.39. The number of ether oxygens (including phenoxy) is 2. The Morgan fingerprint density at radius 3 is 2.44 bits per heavy atom. The molecule has 0 saturated heterocycles. The molecule has 0 aliphatic carbocycles. The number of halogens is 4. The Bertz CT molecular complexity index is 519. The first kappa shape index (κ1) is 13.8. The third kappa shape index (κ3) is 3.10. The number of methoxy groups -OCH3 is 1. The predicted octanol–water partition coefficient (Wildman–Crippen LogP) is 2.38. The molecule has 0 aliphatic rings. The van der Waals surface area contributed by atoms with Crippen LogP contribution in [0.15, 0.2) is 12.1 Å². The SMILES string of the molecule is COC(=O)c1cc(OC(F)(F)F)cc(F)c1C#N. The summed E-state index contributed by atoms with van der Waals surface area (Å²) in [6.45, 7) is 0. The molecule has 0 heterocycles. The number of hydrogen-bond donors (Lipinski definition) is 0. The van der Waals surface area contributed by atoms with Crippen molar-refractivity contribution in [2.75, 3.05) is 7.11 Å². The van der Waals surface area contributed by atoms with E-state index in [9.17, 15) is 22.4 Å². The summed E-state index contributed by atoms with van der Waals surface area (Å²) in [5.41, 5.74) is -1.35. The summed E-state index contributed by atoms with van der Waals surface area (Å²) >= 11 is 0. The highest BCUT2D eigenvalue weighted by atomic mass is 19.4. The second-order valence-corrected chi connectivity index (χ2v) is 2.98. The van der Waals surface area contributed by atoms with Crippen molar-refractivity contribution < 1.29 is 31.8 Å². The van der Waals surface area contributed by atoms with E-state index in [0.717, 1.165) is 7.11 Å². The van der Waals surface area contributed by atoms with Gasteiger partial charge in [0.15, 0.2) is 0 Å². The molecule has 0 amide bonds. The lowest BCUT2D eigenvalue weighted by Crippen LogP contribution is -2.18. The zero-order chi connectivity index (χ0) is 13.9. The van der Waals surface area contributed by atoms with Gasteiger partial charge < -0.3 is 9.47 Å². The van der Waals surface area contributed by atoms with Crippen LogP contribution in [0.3, 0.4) is 0 Å². The fourth-order valence-electron chi connectivity index (χ4n) is 1.16. The monoisotopic (exact) mass is 263 g/mol. The van der Waals surface area contributed by atoms with Crippen molar-refractivity contribution >= 4 is 5.97 Å². The first-order chi connectivity index (χ1) is 8.28.